The molecule has 0 radical (unpaired) electrons. The molecule has 1 unspecified atom stereocenters. The second kappa shape index (κ2) is 5.68. The van der Waals surface area contributed by atoms with Gasteiger partial charge in [-0.05, 0) is 30.7 Å². The van der Waals surface area contributed by atoms with Crippen molar-refractivity contribution in [3.05, 3.63) is 29.8 Å². The van der Waals surface area contributed by atoms with Gasteiger partial charge in [0.15, 0.2) is 0 Å². The first-order valence-corrected chi connectivity index (χ1v) is 7.80. The van der Waals surface area contributed by atoms with Crippen LogP contribution < -0.4 is 4.74 Å². The van der Waals surface area contributed by atoms with Gasteiger partial charge in [-0.1, -0.05) is 25.1 Å². The molecule has 2 aliphatic heterocycles. The second-order valence-corrected chi connectivity index (χ2v) is 6.24. The highest BCUT2D eigenvalue weighted by Crippen LogP contribution is 2.38. The van der Waals surface area contributed by atoms with Crippen LogP contribution in [0.15, 0.2) is 24.3 Å². The van der Waals surface area contributed by atoms with Gasteiger partial charge in [-0.25, -0.2) is 0 Å². The van der Waals surface area contributed by atoms with Gasteiger partial charge < -0.3 is 14.7 Å². The minimum Gasteiger partial charge on any atom is -0.492 e. The number of carbonyl (C=O) groups is 1. The quantitative estimate of drug-likeness (QED) is 0.928. The van der Waals surface area contributed by atoms with Crippen molar-refractivity contribution >= 4 is 5.91 Å². The van der Waals surface area contributed by atoms with Crippen molar-refractivity contribution in [3.8, 4) is 5.75 Å². The van der Waals surface area contributed by atoms with Crippen molar-refractivity contribution in [2.75, 3.05) is 26.3 Å². The summed E-state index contributed by atoms with van der Waals surface area (Å²) in [6, 6.07) is 7.80. The largest absolute Gasteiger partial charge is 0.492 e. The molecular formula is C17H23NO3. The van der Waals surface area contributed by atoms with Crippen LogP contribution in [0.1, 0.15) is 37.7 Å². The van der Waals surface area contributed by atoms with Crippen molar-refractivity contribution in [1.82, 2.24) is 4.90 Å². The number of nitrogens with zero attached hydrogens (tertiary/aromatic N) is 1. The van der Waals surface area contributed by atoms with Gasteiger partial charge in [0.1, 0.15) is 18.3 Å². The van der Waals surface area contributed by atoms with E-state index in [0.29, 0.717) is 6.61 Å². The normalized spacial score (nSPS) is 23.5. The zero-order valence-electron chi connectivity index (χ0n) is 12.5. The first-order chi connectivity index (χ1) is 10.2. The summed E-state index contributed by atoms with van der Waals surface area (Å²) in [5.74, 6) is 0.846. The number of piperidine rings is 1. The molecule has 4 heteroatoms. The van der Waals surface area contributed by atoms with E-state index in [0.717, 1.165) is 43.7 Å². The van der Waals surface area contributed by atoms with E-state index in [1.165, 1.54) is 0 Å². The van der Waals surface area contributed by atoms with Gasteiger partial charge >= 0.3 is 0 Å². The van der Waals surface area contributed by atoms with Gasteiger partial charge in [-0.15, -0.1) is 0 Å². The molecule has 4 nitrogen and oxygen atoms in total. The number of aliphatic hydroxyl groups excluding tert-OH is 1. The number of para-hydroxylation sites is 1. The van der Waals surface area contributed by atoms with E-state index in [9.17, 15) is 9.90 Å². The molecule has 0 saturated carbocycles. The van der Waals surface area contributed by atoms with E-state index in [1.807, 2.05) is 29.2 Å². The number of amides is 1. The summed E-state index contributed by atoms with van der Waals surface area (Å²) in [5, 5.41) is 9.58. The lowest BCUT2D eigenvalue weighted by Gasteiger charge is -2.40. The van der Waals surface area contributed by atoms with Crippen molar-refractivity contribution in [2.24, 2.45) is 5.41 Å². The number of rotatable bonds is 3. The molecule has 3 rings (SSSR count). The zero-order valence-corrected chi connectivity index (χ0v) is 12.5. The summed E-state index contributed by atoms with van der Waals surface area (Å²) in [6.45, 7) is 4.28. The number of fused-ring (bicyclic) bond motifs is 1. The van der Waals surface area contributed by atoms with Crippen LogP contribution in [-0.2, 0) is 4.79 Å². The number of likely N-dealkylation sites (tertiary alicyclic amines) is 1. The van der Waals surface area contributed by atoms with Crippen LogP contribution in [0.25, 0.3) is 0 Å². The lowest BCUT2D eigenvalue weighted by atomic mass is 9.77. The van der Waals surface area contributed by atoms with Gasteiger partial charge in [0.05, 0.1) is 0 Å². The molecule has 1 amide bonds. The second-order valence-electron chi connectivity index (χ2n) is 6.24. The maximum atomic E-state index is 12.7. The number of ether oxygens (including phenoxy) is 1. The summed E-state index contributed by atoms with van der Waals surface area (Å²) in [4.78, 5) is 14.7. The number of hydrogen-bond donors (Lipinski definition) is 1. The van der Waals surface area contributed by atoms with Crippen LogP contribution in [0.3, 0.4) is 0 Å². The van der Waals surface area contributed by atoms with E-state index in [1.54, 1.807) is 0 Å². The lowest BCUT2D eigenvalue weighted by molar-refractivity contribution is -0.136. The van der Waals surface area contributed by atoms with Gasteiger partial charge in [-0.3, -0.25) is 4.79 Å². The smallest absolute Gasteiger partial charge is 0.233 e. The van der Waals surface area contributed by atoms with Gasteiger partial charge in [0, 0.05) is 25.3 Å². The fourth-order valence-electron chi connectivity index (χ4n) is 3.41. The fraction of sp³-hybridized carbons (Fsp3) is 0.588. The third-order valence-electron chi connectivity index (χ3n) is 5.22. The number of carbonyl (C=O) groups excluding carboxylic acids is 1. The summed E-state index contributed by atoms with van der Waals surface area (Å²) < 4.78 is 5.62. The Labute approximate surface area is 125 Å². The molecule has 1 N–H and O–H groups in total. The van der Waals surface area contributed by atoms with Crippen molar-refractivity contribution in [2.45, 2.75) is 32.1 Å². The minimum atomic E-state index is -0.163. The molecule has 0 bridgehead atoms. The van der Waals surface area contributed by atoms with Crippen LogP contribution in [0, 0.1) is 5.41 Å². The SMILES string of the molecule is CCC1(CO)CCN(C(=O)C2COc3ccccc32)CC1. The third kappa shape index (κ3) is 2.53. The van der Waals surface area contributed by atoms with Crippen LogP contribution >= 0.6 is 0 Å². The van der Waals surface area contributed by atoms with Crippen molar-refractivity contribution in [1.29, 1.82) is 0 Å². The summed E-state index contributed by atoms with van der Waals surface area (Å²) >= 11 is 0. The highest BCUT2D eigenvalue weighted by Gasteiger charge is 2.38. The first-order valence-electron chi connectivity index (χ1n) is 7.80. The Morgan fingerprint density at radius 1 is 1.38 bits per heavy atom. The van der Waals surface area contributed by atoms with Crippen LogP contribution in [0.4, 0.5) is 0 Å². The molecule has 0 aromatic heterocycles. The summed E-state index contributed by atoms with van der Waals surface area (Å²) in [6.07, 6.45) is 2.75. The Kier molecular flexibility index (Phi) is 3.89. The van der Waals surface area contributed by atoms with E-state index >= 15 is 0 Å². The van der Waals surface area contributed by atoms with Crippen LogP contribution in [0.2, 0.25) is 0 Å². The first kappa shape index (κ1) is 14.4. The standard InChI is InChI=1S/C17H23NO3/c1-2-17(12-19)7-9-18(10-8-17)16(20)14-11-21-15-6-4-3-5-13(14)15/h3-6,14,19H,2,7-12H2,1H3. The number of aliphatic hydroxyl groups is 1. The Balaban J connectivity index is 1.68. The van der Waals surface area contributed by atoms with E-state index in [-0.39, 0.29) is 23.8 Å². The average Bonchev–Trinajstić information content (AvgIpc) is 2.98. The predicted octanol–water partition coefficient (Wildman–Crippen LogP) is 2.17. The third-order valence-corrected chi connectivity index (χ3v) is 5.22. The van der Waals surface area contributed by atoms with Gasteiger partial charge in [0.25, 0.3) is 0 Å². The van der Waals surface area contributed by atoms with Crippen LogP contribution in [-0.4, -0.2) is 42.2 Å². The Bertz CT molecular complexity index is 515. The van der Waals surface area contributed by atoms with E-state index in [2.05, 4.69) is 6.92 Å². The Morgan fingerprint density at radius 2 is 2.10 bits per heavy atom. The molecular weight excluding hydrogens is 266 g/mol. The minimum absolute atomic E-state index is 0.0147. The highest BCUT2D eigenvalue weighted by molar-refractivity contribution is 5.85. The van der Waals surface area contributed by atoms with Gasteiger partial charge in [0.2, 0.25) is 5.91 Å². The Morgan fingerprint density at radius 3 is 2.76 bits per heavy atom. The average molecular weight is 289 g/mol. The summed E-state index contributed by atoms with van der Waals surface area (Å²) in [7, 11) is 0. The molecule has 0 aliphatic carbocycles. The lowest BCUT2D eigenvalue weighted by Crippen LogP contribution is -2.46. The molecule has 114 valence electrons. The molecule has 2 heterocycles. The molecule has 0 spiro atoms. The molecule has 1 atom stereocenters. The molecule has 1 aromatic carbocycles. The maximum Gasteiger partial charge on any atom is 0.233 e. The fourth-order valence-corrected chi connectivity index (χ4v) is 3.41. The maximum absolute atomic E-state index is 12.7. The van der Waals surface area contributed by atoms with Crippen molar-refractivity contribution in [3.63, 3.8) is 0 Å². The zero-order chi connectivity index (χ0) is 14.9. The predicted molar refractivity (Wildman–Crippen MR) is 80.3 cm³/mol. The monoisotopic (exact) mass is 289 g/mol. The highest BCUT2D eigenvalue weighted by atomic mass is 16.5. The van der Waals surface area contributed by atoms with Crippen molar-refractivity contribution < 1.29 is 14.6 Å². The molecule has 1 saturated heterocycles. The molecule has 1 fully saturated rings. The van der Waals surface area contributed by atoms with E-state index < -0.39 is 0 Å². The topological polar surface area (TPSA) is 49.8 Å². The number of hydrogen-bond acceptors (Lipinski definition) is 3. The molecule has 2 aliphatic rings. The van der Waals surface area contributed by atoms with Gasteiger partial charge in [-0.2, -0.15) is 0 Å². The molecule has 1 aromatic rings. The number of benzene rings is 1. The molecule has 21 heavy (non-hydrogen) atoms. The Hall–Kier alpha value is -1.55. The van der Waals surface area contributed by atoms with E-state index in [4.69, 9.17) is 4.74 Å². The van der Waals surface area contributed by atoms with Crippen LogP contribution in [0.5, 0.6) is 5.75 Å². The summed E-state index contributed by atoms with van der Waals surface area (Å²) in [5.41, 5.74) is 1.03.